The maximum Gasteiger partial charge on any atom is 0.238 e. The van der Waals surface area contributed by atoms with E-state index in [0.29, 0.717) is 6.54 Å². The molecule has 0 aromatic carbocycles. The number of carbonyl (C=O) groups is 1. The van der Waals surface area contributed by atoms with E-state index < -0.39 is 21.0 Å². The largest absolute Gasteiger partial charge is 0.353 e. The summed E-state index contributed by atoms with van der Waals surface area (Å²) >= 11 is 0. The van der Waals surface area contributed by atoms with Crippen molar-refractivity contribution in [2.75, 3.05) is 12.8 Å². The highest BCUT2D eigenvalue weighted by molar-refractivity contribution is 7.92. The molecule has 0 aromatic rings. The van der Waals surface area contributed by atoms with Gasteiger partial charge >= 0.3 is 0 Å². The van der Waals surface area contributed by atoms with Crippen molar-refractivity contribution in [2.24, 2.45) is 5.73 Å². The summed E-state index contributed by atoms with van der Waals surface area (Å²) in [5.74, 6) is -0.456. The summed E-state index contributed by atoms with van der Waals surface area (Å²) in [5, 5.41) is 1.65. The Morgan fingerprint density at radius 2 is 1.88 bits per heavy atom. The Morgan fingerprint density at radius 1 is 1.35 bits per heavy atom. The van der Waals surface area contributed by atoms with Crippen molar-refractivity contribution in [1.29, 1.82) is 0 Å². The lowest BCUT2D eigenvalue weighted by atomic mass is 9.82. The van der Waals surface area contributed by atoms with E-state index in [0.717, 1.165) is 31.9 Å². The minimum Gasteiger partial charge on any atom is -0.353 e. The van der Waals surface area contributed by atoms with Crippen LogP contribution < -0.4 is 11.1 Å². The molecule has 0 spiro atoms. The van der Waals surface area contributed by atoms with Gasteiger partial charge in [-0.3, -0.25) is 4.79 Å². The van der Waals surface area contributed by atoms with Gasteiger partial charge in [-0.1, -0.05) is 19.3 Å². The monoisotopic (exact) mass is 262 g/mol. The Labute approximate surface area is 103 Å². The lowest BCUT2D eigenvalue weighted by Crippen LogP contribution is -2.53. The molecule has 1 fully saturated rings. The Hall–Kier alpha value is -0.620. The minimum atomic E-state index is -3.33. The SMILES string of the molecule is CC(C(=O)NCC1(N)CCCCC1)S(C)(=O)=O. The van der Waals surface area contributed by atoms with Gasteiger partial charge in [-0.15, -0.1) is 0 Å². The molecule has 100 valence electrons. The molecule has 0 bridgehead atoms. The predicted octanol–water partition coefficient (Wildman–Crippen LogP) is 0.197. The first-order chi connectivity index (χ1) is 7.75. The molecule has 1 aliphatic carbocycles. The number of rotatable bonds is 4. The molecular weight excluding hydrogens is 240 g/mol. The summed E-state index contributed by atoms with van der Waals surface area (Å²) in [6.45, 7) is 1.76. The third-order valence-corrected chi connectivity index (χ3v) is 4.97. The molecule has 1 amide bonds. The van der Waals surface area contributed by atoms with Crippen LogP contribution in [0.1, 0.15) is 39.0 Å². The van der Waals surface area contributed by atoms with Crippen LogP contribution in [0.25, 0.3) is 0 Å². The van der Waals surface area contributed by atoms with Crippen LogP contribution in [-0.4, -0.2) is 37.9 Å². The number of hydrogen-bond acceptors (Lipinski definition) is 4. The number of nitrogens with one attached hydrogen (secondary N) is 1. The second-order valence-corrected chi connectivity index (χ2v) is 7.48. The molecule has 0 aromatic heterocycles. The quantitative estimate of drug-likeness (QED) is 0.757. The zero-order chi connectivity index (χ0) is 13.1. The number of sulfone groups is 1. The predicted molar refractivity (Wildman–Crippen MR) is 67.3 cm³/mol. The topological polar surface area (TPSA) is 89.3 Å². The van der Waals surface area contributed by atoms with Crippen molar-refractivity contribution in [3.63, 3.8) is 0 Å². The Balaban J connectivity index is 2.47. The molecule has 1 aliphatic rings. The van der Waals surface area contributed by atoms with Gasteiger partial charge < -0.3 is 11.1 Å². The number of amides is 1. The molecule has 0 aliphatic heterocycles. The lowest BCUT2D eigenvalue weighted by Gasteiger charge is -2.33. The third-order valence-electron chi connectivity index (χ3n) is 3.48. The zero-order valence-corrected chi connectivity index (χ0v) is 11.3. The standard InChI is InChI=1S/C11H22N2O3S/c1-9(17(2,15)16)10(14)13-8-11(12)6-4-3-5-7-11/h9H,3-8,12H2,1-2H3,(H,13,14). The maximum absolute atomic E-state index is 11.6. The number of hydrogen-bond donors (Lipinski definition) is 2. The fraction of sp³-hybridized carbons (Fsp3) is 0.909. The minimum absolute atomic E-state index is 0.356. The molecule has 1 atom stereocenters. The average Bonchev–Trinajstić information content (AvgIpc) is 2.25. The Morgan fingerprint density at radius 3 is 2.35 bits per heavy atom. The van der Waals surface area contributed by atoms with Gasteiger partial charge in [0.05, 0.1) is 0 Å². The van der Waals surface area contributed by atoms with Gasteiger partial charge in [0, 0.05) is 18.3 Å². The third kappa shape index (κ3) is 4.27. The van der Waals surface area contributed by atoms with Gasteiger partial charge in [0.2, 0.25) is 5.91 Å². The number of carbonyl (C=O) groups excluding carboxylic acids is 1. The van der Waals surface area contributed by atoms with Gasteiger partial charge in [-0.05, 0) is 19.8 Å². The van der Waals surface area contributed by atoms with Gasteiger partial charge in [0.25, 0.3) is 0 Å². The van der Waals surface area contributed by atoms with E-state index in [2.05, 4.69) is 5.32 Å². The normalized spacial score (nSPS) is 21.8. The molecule has 6 heteroatoms. The zero-order valence-electron chi connectivity index (χ0n) is 10.5. The smallest absolute Gasteiger partial charge is 0.238 e. The van der Waals surface area contributed by atoms with Crippen molar-refractivity contribution in [1.82, 2.24) is 5.32 Å². The highest BCUT2D eigenvalue weighted by Crippen LogP contribution is 2.25. The van der Waals surface area contributed by atoms with Crippen LogP contribution in [0.15, 0.2) is 0 Å². The van der Waals surface area contributed by atoms with Crippen molar-refractivity contribution < 1.29 is 13.2 Å². The first-order valence-electron chi connectivity index (χ1n) is 6.00. The van der Waals surface area contributed by atoms with Crippen LogP contribution in [0.4, 0.5) is 0 Å². The van der Waals surface area contributed by atoms with Crippen molar-refractivity contribution in [3.05, 3.63) is 0 Å². The van der Waals surface area contributed by atoms with E-state index in [1.807, 2.05) is 0 Å². The second kappa shape index (κ2) is 5.35. The van der Waals surface area contributed by atoms with Crippen LogP contribution >= 0.6 is 0 Å². The summed E-state index contributed by atoms with van der Waals surface area (Å²) < 4.78 is 22.4. The van der Waals surface area contributed by atoms with Crippen molar-refractivity contribution in [2.45, 2.75) is 49.8 Å². The van der Waals surface area contributed by atoms with Crippen molar-refractivity contribution >= 4 is 15.7 Å². The molecular formula is C11H22N2O3S. The Bertz CT molecular complexity index is 372. The van der Waals surface area contributed by atoms with Crippen LogP contribution in [0, 0.1) is 0 Å². The summed E-state index contributed by atoms with van der Waals surface area (Å²) in [7, 11) is -3.33. The summed E-state index contributed by atoms with van der Waals surface area (Å²) in [6.07, 6.45) is 6.19. The molecule has 0 radical (unpaired) electrons. The number of nitrogens with two attached hydrogens (primary N) is 1. The molecule has 17 heavy (non-hydrogen) atoms. The average molecular weight is 262 g/mol. The van der Waals surface area contributed by atoms with E-state index in [9.17, 15) is 13.2 Å². The molecule has 3 N–H and O–H groups in total. The van der Waals surface area contributed by atoms with E-state index in [1.165, 1.54) is 13.3 Å². The first kappa shape index (κ1) is 14.4. The highest BCUT2D eigenvalue weighted by Gasteiger charge is 2.30. The van der Waals surface area contributed by atoms with Crippen LogP contribution in [-0.2, 0) is 14.6 Å². The van der Waals surface area contributed by atoms with Crippen LogP contribution in [0.3, 0.4) is 0 Å². The highest BCUT2D eigenvalue weighted by atomic mass is 32.2. The molecule has 0 heterocycles. The van der Waals surface area contributed by atoms with Gasteiger partial charge in [0.15, 0.2) is 9.84 Å². The molecule has 1 unspecified atom stereocenters. The van der Waals surface area contributed by atoms with Crippen LogP contribution in [0.5, 0.6) is 0 Å². The second-order valence-electron chi connectivity index (χ2n) is 5.11. The van der Waals surface area contributed by atoms with E-state index in [-0.39, 0.29) is 5.54 Å². The summed E-state index contributed by atoms with van der Waals surface area (Å²) in [4.78, 5) is 11.6. The molecule has 1 rings (SSSR count). The van der Waals surface area contributed by atoms with E-state index in [4.69, 9.17) is 5.73 Å². The van der Waals surface area contributed by atoms with Crippen LogP contribution in [0.2, 0.25) is 0 Å². The first-order valence-corrected chi connectivity index (χ1v) is 7.95. The Kier molecular flexibility index (Phi) is 4.55. The summed E-state index contributed by atoms with van der Waals surface area (Å²) in [5.41, 5.74) is 5.80. The maximum atomic E-state index is 11.6. The van der Waals surface area contributed by atoms with Gasteiger partial charge in [-0.2, -0.15) is 0 Å². The summed E-state index contributed by atoms with van der Waals surface area (Å²) in [6, 6.07) is 0. The van der Waals surface area contributed by atoms with Gasteiger partial charge in [0.1, 0.15) is 5.25 Å². The van der Waals surface area contributed by atoms with Gasteiger partial charge in [-0.25, -0.2) is 8.42 Å². The van der Waals surface area contributed by atoms with E-state index >= 15 is 0 Å². The molecule has 1 saturated carbocycles. The fourth-order valence-electron chi connectivity index (χ4n) is 2.03. The van der Waals surface area contributed by atoms with E-state index in [1.54, 1.807) is 0 Å². The fourth-order valence-corrected chi connectivity index (χ4v) is 2.51. The molecule has 0 saturated heterocycles. The van der Waals surface area contributed by atoms with Crippen molar-refractivity contribution in [3.8, 4) is 0 Å². The molecule has 5 nitrogen and oxygen atoms in total. The lowest BCUT2D eigenvalue weighted by molar-refractivity contribution is -0.120.